The first-order chi connectivity index (χ1) is 13.2. The molecule has 1 aliphatic rings. The van der Waals surface area contributed by atoms with Crippen LogP contribution in [-0.2, 0) is 6.61 Å². The van der Waals surface area contributed by atoms with Gasteiger partial charge in [-0.15, -0.1) is 0 Å². The number of hydrogen-bond donors (Lipinski definition) is 2. The van der Waals surface area contributed by atoms with Crippen LogP contribution in [0.25, 0.3) is 10.9 Å². The Bertz CT molecular complexity index is 924. The van der Waals surface area contributed by atoms with Gasteiger partial charge < -0.3 is 19.7 Å². The maximum absolute atomic E-state index is 12.1. The lowest BCUT2D eigenvalue weighted by molar-refractivity contribution is 0.0918. The second-order valence-corrected chi connectivity index (χ2v) is 6.96. The fourth-order valence-electron chi connectivity index (χ4n) is 3.70. The van der Waals surface area contributed by atoms with Gasteiger partial charge in [0.15, 0.2) is 5.76 Å². The van der Waals surface area contributed by atoms with Crippen LogP contribution < -0.4 is 10.2 Å². The molecular weight excluding hydrogens is 342 g/mol. The summed E-state index contributed by atoms with van der Waals surface area (Å²) in [5, 5.41) is 13.8. The van der Waals surface area contributed by atoms with Gasteiger partial charge >= 0.3 is 0 Å². The predicted octanol–water partition coefficient (Wildman–Crippen LogP) is 2.97. The highest BCUT2D eigenvalue weighted by molar-refractivity contribution is 5.91. The minimum atomic E-state index is -0.183. The summed E-state index contributed by atoms with van der Waals surface area (Å²) in [6.45, 7) is 2.26. The molecule has 1 amide bonds. The van der Waals surface area contributed by atoms with Crippen molar-refractivity contribution in [3.8, 4) is 0 Å². The topological polar surface area (TPSA) is 78.6 Å². The highest BCUT2D eigenvalue weighted by Gasteiger charge is 2.24. The van der Waals surface area contributed by atoms with Gasteiger partial charge in [-0.05, 0) is 43.0 Å². The largest absolute Gasteiger partial charge is 0.459 e. The van der Waals surface area contributed by atoms with Crippen molar-refractivity contribution in [2.75, 3.05) is 24.5 Å². The van der Waals surface area contributed by atoms with E-state index in [0.29, 0.717) is 18.2 Å². The van der Waals surface area contributed by atoms with Crippen molar-refractivity contribution in [2.24, 2.45) is 5.92 Å². The minimum Gasteiger partial charge on any atom is -0.459 e. The Morgan fingerprint density at radius 2 is 2.19 bits per heavy atom. The van der Waals surface area contributed by atoms with Gasteiger partial charge in [-0.25, -0.2) is 4.98 Å². The van der Waals surface area contributed by atoms with Gasteiger partial charge in [-0.3, -0.25) is 4.79 Å². The molecule has 1 saturated heterocycles. The maximum atomic E-state index is 12.1. The quantitative estimate of drug-likeness (QED) is 0.727. The molecule has 2 aromatic heterocycles. The highest BCUT2D eigenvalue weighted by atomic mass is 16.3. The van der Waals surface area contributed by atoms with Gasteiger partial charge in [-0.2, -0.15) is 0 Å². The van der Waals surface area contributed by atoms with Crippen molar-refractivity contribution in [1.82, 2.24) is 10.3 Å². The van der Waals surface area contributed by atoms with Crippen LogP contribution in [0.15, 0.2) is 53.1 Å². The van der Waals surface area contributed by atoms with Crippen LogP contribution in [0.4, 0.5) is 5.82 Å². The standard InChI is InChI=1S/C21H23N3O3/c25-14-17-11-16-6-1-2-7-18(16)23-20(17)24-9-3-5-15(13-24)12-22-21(26)19-8-4-10-27-19/h1-2,4,6-8,10-11,15,25H,3,5,9,12-14H2,(H,22,26). The number of nitrogens with one attached hydrogen (secondary N) is 1. The van der Waals surface area contributed by atoms with E-state index in [4.69, 9.17) is 9.40 Å². The number of nitrogens with zero attached hydrogens (tertiary/aromatic N) is 2. The molecule has 4 rings (SSSR count). The molecule has 1 unspecified atom stereocenters. The van der Waals surface area contributed by atoms with Crippen LogP contribution in [0.2, 0.25) is 0 Å². The number of piperidine rings is 1. The smallest absolute Gasteiger partial charge is 0.286 e. The van der Waals surface area contributed by atoms with E-state index >= 15 is 0 Å². The number of furan rings is 1. The Hall–Kier alpha value is -2.86. The van der Waals surface area contributed by atoms with Gasteiger partial charge in [0.05, 0.1) is 18.4 Å². The molecular formula is C21H23N3O3. The zero-order chi connectivity index (χ0) is 18.6. The summed E-state index contributed by atoms with van der Waals surface area (Å²) in [6, 6.07) is 13.3. The molecule has 6 heteroatoms. The molecule has 140 valence electrons. The van der Waals surface area contributed by atoms with E-state index in [9.17, 15) is 9.90 Å². The molecule has 0 aliphatic carbocycles. The highest BCUT2D eigenvalue weighted by Crippen LogP contribution is 2.27. The first-order valence-corrected chi connectivity index (χ1v) is 9.31. The van der Waals surface area contributed by atoms with Gasteiger partial charge in [0.25, 0.3) is 5.91 Å². The van der Waals surface area contributed by atoms with E-state index < -0.39 is 0 Å². The number of aliphatic hydroxyl groups excluding tert-OH is 1. The third-order valence-electron chi connectivity index (χ3n) is 5.07. The third-order valence-corrected chi connectivity index (χ3v) is 5.07. The van der Waals surface area contributed by atoms with Gasteiger partial charge in [0.2, 0.25) is 0 Å². The van der Waals surface area contributed by atoms with E-state index in [0.717, 1.165) is 48.2 Å². The van der Waals surface area contributed by atoms with Crippen LogP contribution in [0.3, 0.4) is 0 Å². The Kier molecular flexibility index (Phi) is 5.07. The molecule has 0 saturated carbocycles. The van der Waals surface area contributed by atoms with E-state index in [-0.39, 0.29) is 12.5 Å². The molecule has 1 aliphatic heterocycles. The summed E-state index contributed by atoms with van der Waals surface area (Å²) < 4.78 is 5.14. The molecule has 1 aromatic carbocycles. The van der Waals surface area contributed by atoms with Crippen LogP contribution in [-0.4, -0.2) is 35.6 Å². The molecule has 6 nitrogen and oxygen atoms in total. The SMILES string of the molecule is O=C(NCC1CCCN(c2nc3ccccc3cc2CO)C1)c1ccco1. The van der Waals surface area contributed by atoms with Crippen molar-refractivity contribution in [3.05, 3.63) is 60.1 Å². The Balaban J connectivity index is 1.48. The Morgan fingerprint density at radius 1 is 1.30 bits per heavy atom. The number of aromatic nitrogens is 1. The fraction of sp³-hybridized carbons (Fsp3) is 0.333. The first kappa shape index (κ1) is 17.5. The zero-order valence-electron chi connectivity index (χ0n) is 15.1. The van der Waals surface area contributed by atoms with Crippen LogP contribution in [0, 0.1) is 5.92 Å². The summed E-state index contributed by atoms with van der Waals surface area (Å²) in [5.41, 5.74) is 1.77. The normalized spacial score (nSPS) is 17.2. The number of fused-ring (bicyclic) bond motifs is 1. The second kappa shape index (κ2) is 7.80. The number of aliphatic hydroxyl groups is 1. The Labute approximate surface area is 157 Å². The molecule has 3 aromatic rings. The van der Waals surface area contributed by atoms with Crippen molar-refractivity contribution in [1.29, 1.82) is 0 Å². The van der Waals surface area contributed by atoms with Crippen molar-refractivity contribution >= 4 is 22.6 Å². The van der Waals surface area contributed by atoms with E-state index in [1.54, 1.807) is 12.1 Å². The monoisotopic (exact) mass is 365 g/mol. The van der Waals surface area contributed by atoms with Gasteiger partial charge in [0, 0.05) is 30.6 Å². The Morgan fingerprint density at radius 3 is 3.00 bits per heavy atom. The van der Waals surface area contributed by atoms with Crippen LogP contribution in [0.5, 0.6) is 0 Å². The fourth-order valence-corrected chi connectivity index (χ4v) is 3.70. The number of carbonyl (C=O) groups excluding carboxylic acids is 1. The summed E-state index contributed by atoms with van der Waals surface area (Å²) in [6.07, 6.45) is 3.58. The number of carbonyl (C=O) groups is 1. The summed E-state index contributed by atoms with van der Waals surface area (Å²) >= 11 is 0. The van der Waals surface area contributed by atoms with Gasteiger partial charge in [-0.1, -0.05) is 18.2 Å². The maximum Gasteiger partial charge on any atom is 0.286 e. The number of amides is 1. The zero-order valence-corrected chi connectivity index (χ0v) is 15.1. The van der Waals surface area contributed by atoms with Crippen molar-refractivity contribution < 1.29 is 14.3 Å². The number of rotatable bonds is 5. The summed E-state index contributed by atoms with van der Waals surface area (Å²) in [4.78, 5) is 19.1. The average Bonchev–Trinajstić information content (AvgIpc) is 3.26. The van der Waals surface area contributed by atoms with E-state index in [1.807, 2.05) is 30.3 Å². The third kappa shape index (κ3) is 3.80. The van der Waals surface area contributed by atoms with Gasteiger partial charge in [0.1, 0.15) is 5.82 Å². The lowest BCUT2D eigenvalue weighted by Gasteiger charge is -2.34. The van der Waals surface area contributed by atoms with Crippen molar-refractivity contribution in [3.63, 3.8) is 0 Å². The number of hydrogen-bond acceptors (Lipinski definition) is 5. The molecule has 0 spiro atoms. The molecule has 1 fully saturated rings. The summed E-state index contributed by atoms with van der Waals surface area (Å²) in [5.74, 6) is 1.33. The summed E-state index contributed by atoms with van der Waals surface area (Å²) in [7, 11) is 0. The molecule has 3 heterocycles. The number of benzene rings is 1. The molecule has 1 atom stereocenters. The van der Waals surface area contributed by atoms with E-state index in [1.165, 1.54) is 6.26 Å². The minimum absolute atomic E-state index is 0.0381. The van der Waals surface area contributed by atoms with Crippen molar-refractivity contribution in [2.45, 2.75) is 19.4 Å². The lowest BCUT2D eigenvalue weighted by atomic mass is 9.97. The molecule has 2 N–H and O–H groups in total. The number of pyridine rings is 1. The molecule has 0 bridgehead atoms. The molecule has 0 radical (unpaired) electrons. The van der Waals surface area contributed by atoms with Crippen LogP contribution in [0.1, 0.15) is 29.0 Å². The predicted molar refractivity (Wildman–Crippen MR) is 104 cm³/mol. The van der Waals surface area contributed by atoms with Crippen LogP contribution >= 0.6 is 0 Å². The lowest BCUT2D eigenvalue weighted by Crippen LogP contribution is -2.41. The second-order valence-electron chi connectivity index (χ2n) is 6.96. The molecule has 27 heavy (non-hydrogen) atoms. The van der Waals surface area contributed by atoms with E-state index in [2.05, 4.69) is 10.2 Å². The number of anilines is 1. The average molecular weight is 365 g/mol. The number of para-hydroxylation sites is 1. The first-order valence-electron chi connectivity index (χ1n) is 9.31.